The summed E-state index contributed by atoms with van der Waals surface area (Å²) in [5.41, 5.74) is 6.63. The fourth-order valence-electron chi connectivity index (χ4n) is 1.22. The fraction of sp³-hybridized carbons (Fsp3) is 0.222. The summed E-state index contributed by atoms with van der Waals surface area (Å²) in [4.78, 5) is 0. The van der Waals surface area contributed by atoms with E-state index in [1.807, 2.05) is 19.1 Å². The zero-order valence-electron chi connectivity index (χ0n) is 7.61. The van der Waals surface area contributed by atoms with Crippen LogP contribution in [0.3, 0.4) is 0 Å². The average Bonchev–Trinajstić information content (AvgIpc) is 2.62. The molecular formula is C9H11N3O. The van der Waals surface area contributed by atoms with Gasteiger partial charge in [-0.3, -0.25) is 4.68 Å². The molecule has 0 aliphatic rings. The lowest BCUT2D eigenvalue weighted by Gasteiger charge is -1.95. The SMILES string of the molecule is Cc1ccc(-c2cnn(C)c2N)o1. The molecule has 0 radical (unpaired) electrons. The van der Waals surface area contributed by atoms with Crippen LogP contribution < -0.4 is 5.73 Å². The average molecular weight is 177 g/mol. The van der Waals surface area contributed by atoms with Gasteiger partial charge >= 0.3 is 0 Å². The fourth-order valence-corrected chi connectivity index (χ4v) is 1.22. The number of furan rings is 1. The smallest absolute Gasteiger partial charge is 0.139 e. The summed E-state index contributed by atoms with van der Waals surface area (Å²) >= 11 is 0. The number of hydrogen-bond acceptors (Lipinski definition) is 3. The van der Waals surface area contributed by atoms with Gasteiger partial charge in [0.1, 0.15) is 17.3 Å². The Balaban J connectivity index is 2.52. The van der Waals surface area contributed by atoms with Gasteiger partial charge in [0, 0.05) is 7.05 Å². The van der Waals surface area contributed by atoms with Crippen molar-refractivity contribution in [3.05, 3.63) is 24.1 Å². The summed E-state index contributed by atoms with van der Waals surface area (Å²) in [6.45, 7) is 1.90. The first-order valence-corrected chi connectivity index (χ1v) is 4.03. The van der Waals surface area contributed by atoms with Gasteiger partial charge in [-0.2, -0.15) is 5.10 Å². The maximum Gasteiger partial charge on any atom is 0.139 e. The first kappa shape index (κ1) is 7.91. The second-order valence-electron chi connectivity index (χ2n) is 2.98. The highest BCUT2D eigenvalue weighted by molar-refractivity contribution is 5.69. The molecule has 0 aliphatic heterocycles. The minimum absolute atomic E-state index is 0.620. The van der Waals surface area contributed by atoms with Crippen LogP contribution in [-0.4, -0.2) is 9.78 Å². The van der Waals surface area contributed by atoms with Gasteiger partial charge < -0.3 is 10.2 Å². The molecule has 2 aromatic rings. The minimum atomic E-state index is 0.620. The Morgan fingerprint density at radius 2 is 2.23 bits per heavy atom. The van der Waals surface area contributed by atoms with Gasteiger partial charge in [0.05, 0.1) is 11.8 Å². The number of hydrogen-bond donors (Lipinski definition) is 1. The summed E-state index contributed by atoms with van der Waals surface area (Å²) in [6, 6.07) is 3.80. The number of aromatic nitrogens is 2. The second kappa shape index (κ2) is 2.65. The van der Waals surface area contributed by atoms with Gasteiger partial charge in [-0.05, 0) is 19.1 Å². The molecule has 0 amide bonds. The standard InChI is InChI=1S/C9H11N3O/c1-6-3-4-8(13-6)7-5-11-12(2)9(7)10/h3-5H,10H2,1-2H3. The molecular weight excluding hydrogens is 166 g/mol. The molecule has 2 heterocycles. The van der Waals surface area contributed by atoms with Gasteiger partial charge in [0.2, 0.25) is 0 Å². The van der Waals surface area contributed by atoms with Crippen molar-refractivity contribution >= 4 is 5.82 Å². The van der Waals surface area contributed by atoms with Gasteiger partial charge in [-0.1, -0.05) is 0 Å². The number of anilines is 1. The molecule has 0 atom stereocenters. The van der Waals surface area contributed by atoms with Gasteiger partial charge in [0.25, 0.3) is 0 Å². The highest BCUT2D eigenvalue weighted by Gasteiger charge is 2.09. The first-order chi connectivity index (χ1) is 6.18. The van der Waals surface area contributed by atoms with Crippen LogP contribution in [0, 0.1) is 6.92 Å². The molecule has 0 unspecified atom stereocenters. The molecule has 0 bridgehead atoms. The van der Waals surface area contributed by atoms with Crippen LogP contribution in [0.15, 0.2) is 22.7 Å². The van der Waals surface area contributed by atoms with Crippen molar-refractivity contribution in [1.29, 1.82) is 0 Å². The maximum absolute atomic E-state index is 5.78. The second-order valence-corrected chi connectivity index (χ2v) is 2.98. The molecule has 0 saturated carbocycles. The van der Waals surface area contributed by atoms with Gasteiger partial charge in [0.15, 0.2) is 0 Å². The normalized spacial score (nSPS) is 10.6. The predicted octanol–water partition coefficient (Wildman–Crippen LogP) is 1.57. The molecule has 0 aliphatic carbocycles. The van der Waals surface area contributed by atoms with Crippen LogP contribution in [0.4, 0.5) is 5.82 Å². The molecule has 68 valence electrons. The largest absolute Gasteiger partial charge is 0.461 e. The Labute approximate surface area is 76.0 Å². The molecule has 4 heteroatoms. The van der Waals surface area contributed by atoms with Crippen molar-refractivity contribution < 1.29 is 4.42 Å². The zero-order chi connectivity index (χ0) is 9.42. The van der Waals surface area contributed by atoms with Gasteiger partial charge in [-0.15, -0.1) is 0 Å². The van der Waals surface area contributed by atoms with E-state index in [0.29, 0.717) is 5.82 Å². The molecule has 0 spiro atoms. The van der Waals surface area contributed by atoms with Crippen LogP contribution in [-0.2, 0) is 7.05 Å². The lowest BCUT2D eigenvalue weighted by Crippen LogP contribution is -1.97. The number of rotatable bonds is 1. The number of nitrogens with two attached hydrogens (primary N) is 1. The number of nitrogen functional groups attached to an aromatic ring is 1. The minimum Gasteiger partial charge on any atom is -0.461 e. The summed E-state index contributed by atoms with van der Waals surface area (Å²) in [6.07, 6.45) is 1.70. The van der Waals surface area contributed by atoms with Crippen molar-refractivity contribution in [1.82, 2.24) is 9.78 Å². The van der Waals surface area contributed by atoms with E-state index in [9.17, 15) is 0 Å². The molecule has 0 fully saturated rings. The van der Waals surface area contributed by atoms with Crippen molar-refractivity contribution in [3.63, 3.8) is 0 Å². The summed E-state index contributed by atoms with van der Waals surface area (Å²) in [5, 5.41) is 4.03. The zero-order valence-corrected chi connectivity index (χ0v) is 7.61. The molecule has 0 aromatic carbocycles. The lowest BCUT2D eigenvalue weighted by atomic mass is 10.2. The molecule has 2 aromatic heterocycles. The number of aryl methyl sites for hydroxylation is 2. The summed E-state index contributed by atoms with van der Waals surface area (Å²) in [5.74, 6) is 2.26. The van der Waals surface area contributed by atoms with Crippen LogP contribution in [0.25, 0.3) is 11.3 Å². The third kappa shape index (κ3) is 1.20. The first-order valence-electron chi connectivity index (χ1n) is 4.03. The van der Waals surface area contributed by atoms with Crippen LogP contribution in [0.1, 0.15) is 5.76 Å². The Bertz CT molecular complexity index is 428. The van der Waals surface area contributed by atoms with Crippen LogP contribution in [0.5, 0.6) is 0 Å². The van der Waals surface area contributed by atoms with Crippen molar-refractivity contribution in [3.8, 4) is 11.3 Å². The quantitative estimate of drug-likeness (QED) is 0.719. The molecule has 13 heavy (non-hydrogen) atoms. The van der Waals surface area contributed by atoms with E-state index < -0.39 is 0 Å². The van der Waals surface area contributed by atoms with Crippen molar-refractivity contribution in [2.24, 2.45) is 7.05 Å². The maximum atomic E-state index is 5.78. The number of nitrogens with zero attached hydrogens (tertiary/aromatic N) is 2. The topological polar surface area (TPSA) is 57.0 Å². The highest BCUT2D eigenvalue weighted by atomic mass is 16.3. The Morgan fingerprint density at radius 3 is 2.69 bits per heavy atom. The molecule has 0 saturated heterocycles. The van der Waals surface area contributed by atoms with Crippen LogP contribution in [0.2, 0.25) is 0 Å². The van der Waals surface area contributed by atoms with Crippen LogP contribution >= 0.6 is 0 Å². The van der Waals surface area contributed by atoms with Crippen molar-refractivity contribution in [2.45, 2.75) is 6.92 Å². The Kier molecular flexibility index (Phi) is 1.62. The summed E-state index contributed by atoms with van der Waals surface area (Å²) in [7, 11) is 1.80. The summed E-state index contributed by atoms with van der Waals surface area (Å²) < 4.78 is 7.05. The Hall–Kier alpha value is -1.71. The van der Waals surface area contributed by atoms with E-state index in [1.165, 1.54) is 0 Å². The van der Waals surface area contributed by atoms with E-state index in [0.717, 1.165) is 17.1 Å². The van der Waals surface area contributed by atoms with E-state index in [1.54, 1.807) is 17.9 Å². The Morgan fingerprint density at radius 1 is 1.46 bits per heavy atom. The molecule has 2 N–H and O–H groups in total. The van der Waals surface area contributed by atoms with E-state index in [4.69, 9.17) is 10.2 Å². The predicted molar refractivity (Wildman–Crippen MR) is 50.1 cm³/mol. The van der Waals surface area contributed by atoms with E-state index in [-0.39, 0.29) is 0 Å². The molecule has 4 nitrogen and oxygen atoms in total. The van der Waals surface area contributed by atoms with Crippen molar-refractivity contribution in [2.75, 3.05) is 5.73 Å². The monoisotopic (exact) mass is 177 g/mol. The van der Waals surface area contributed by atoms with E-state index in [2.05, 4.69) is 5.10 Å². The molecule has 2 rings (SSSR count). The third-order valence-corrected chi connectivity index (χ3v) is 1.99. The third-order valence-electron chi connectivity index (χ3n) is 1.99. The van der Waals surface area contributed by atoms with E-state index >= 15 is 0 Å². The van der Waals surface area contributed by atoms with Gasteiger partial charge in [-0.25, -0.2) is 0 Å². The lowest BCUT2D eigenvalue weighted by molar-refractivity contribution is 0.548. The highest BCUT2D eigenvalue weighted by Crippen LogP contribution is 2.26.